The quantitative estimate of drug-likeness (QED) is 0.439. The number of fused-ring (bicyclic) bond motifs is 5. The topological polar surface area (TPSA) is 80.7 Å². The molecule has 4 rings (SSSR count). The number of ketones is 1. The molecule has 4 aliphatic rings. The van der Waals surface area contributed by atoms with Crippen molar-refractivity contribution in [2.24, 2.45) is 29.1 Å². The fraction of sp³-hybridized carbons (Fsp3) is 0.682. The molecule has 3 fully saturated rings. The first-order valence-electron chi connectivity index (χ1n) is 10.2. The lowest BCUT2D eigenvalue weighted by Crippen LogP contribution is -2.55. The molecule has 5 nitrogen and oxygen atoms in total. The van der Waals surface area contributed by atoms with Gasteiger partial charge in [0.25, 0.3) is 0 Å². The van der Waals surface area contributed by atoms with Gasteiger partial charge in [-0.1, -0.05) is 30.6 Å². The Labute approximate surface area is 167 Å². The first-order chi connectivity index (χ1) is 13.2. The highest BCUT2D eigenvalue weighted by molar-refractivity contribution is 7.80. The lowest BCUT2D eigenvalue weighted by Gasteiger charge is -2.57. The Balaban J connectivity index is 1.75. The summed E-state index contributed by atoms with van der Waals surface area (Å²) >= 11 is 0. The number of hydrogen-bond donors (Lipinski definition) is 1. The third-order valence-electron chi connectivity index (χ3n) is 8.15. The molecule has 0 aliphatic heterocycles. The van der Waals surface area contributed by atoms with Crippen LogP contribution in [0.25, 0.3) is 0 Å². The van der Waals surface area contributed by atoms with Gasteiger partial charge in [-0.2, -0.15) is 8.42 Å². The molecule has 1 N–H and O–H groups in total. The third-order valence-corrected chi connectivity index (χ3v) is 8.64. The van der Waals surface area contributed by atoms with Crippen LogP contribution in [0.15, 0.2) is 23.8 Å². The zero-order valence-corrected chi connectivity index (χ0v) is 17.1. The molecule has 0 spiro atoms. The van der Waals surface area contributed by atoms with Gasteiger partial charge in [0.1, 0.15) is 0 Å². The Kier molecular flexibility index (Phi) is 4.65. The van der Waals surface area contributed by atoms with Crippen LogP contribution in [0.4, 0.5) is 0 Å². The summed E-state index contributed by atoms with van der Waals surface area (Å²) in [4.78, 5) is 11.9. The highest BCUT2D eigenvalue weighted by atomic mass is 32.3. The van der Waals surface area contributed by atoms with Gasteiger partial charge in [-0.05, 0) is 74.7 Å². The van der Waals surface area contributed by atoms with Crippen LogP contribution in [-0.4, -0.2) is 24.4 Å². The van der Waals surface area contributed by atoms with Crippen LogP contribution >= 0.6 is 0 Å². The molecule has 0 radical (unpaired) electrons. The lowest BCUT2D eigenvalue weighted by molar-refractivity contribution is -0.116. The highest BCUT2D eigenvalue weighted by Gasteiger charge is 2.66. The van der Waals surface area contributed by atoms with E-state index in [9.17, 15) is 17.8 Å². The van der Waals surface area contributed by atoms with E-state index in [4.69, 9.17) is 10.6 Å². The molecule has 3 saturated carbocycles. The fourth-order valence-corrected chi connectivity index (χ4v) is 7.87. The van der Waals surface area contributed by atoms with Crippen molar-refractivity contribution in [3.63, 3.8) is 0 Å². The van der Waals surface area contributed by atoms with Crippen LogP contribution < -0.4 is 0 Å². The number of terminal acetylenes is 1. The van der Waals surface area contributed by atoms with E-state index in [1.807, 2.05) is 13.0 Å². The first-order valence-corrected chi connectivity index (χ1v) is 11.6. The van der Waals surface area contributed by atoms with Crippen molar-refractivity contribution in [3.8, 4) is 12.3 Å². The molecule has 0 aromatic heterocycles. The van der Waals surface area contributed by atoms with Crippen LogP contribution in [0.3, 0.4) is 0 Å². The number of allylic oxidation sites excluding steroid dienone is 2. The molecule has 0 bridgehead atoms. The Morgan fingerprint density at radius 1 is 1.36 bits per heavy atom. The summed E-state index contributed by atoms with van der Waals surface area (Å²) in [6.45, 7) is 6.44. The summed E-state index contributed by atoms with van der Waals surface area (Å²) in [5.41, 5.74) is 0.486. The molecule has 0 saturated heterocycles. The Morgan fingerprint density at radius 2 is 2.11 bits per heavy atom. The van der Waals surface area contributed by atoms with E-state index in [0.717, 1.165) is 31.3 Å². The Hall–Kier alpha value is -1.42. The minimum atomic E-state index is -4.67. The van der Waals surface area contributed by atoms with E-state index in [1.165, 1.54) is 5.57 Å². The Bertz CT molecular complexity index is 894. The number of carbonyl (C=O) groups is 1. The molecule has 6 atom stereocenters. The normalized spacial score (nSPS) is 42.8. The second kappa shape index (κ2) is 6.55. The molecule has 0 unspecified atom stereocenters. The lowest BCUT2D eigenvalue weighted by atomic mass is 9.48. The van der Waals surface area contributed by atoms with Gasteiger partial charge in [0, 0.05) is 11.8 Å². The zero-order valence-electron chi connectivity index (χ0n) is 16.3. The second-order valence-corrected chi connectivity index (χ2v) is 10.1. The van der Waals surface area contributed by atoms with E-state index in [-0.39, 0.29) is 11.7 Å². The van der Waals surface area contributed by atoms with Gasteiger partial charge in [-0.15, -0.1) is 6.42 Å². The summed E-state index contributed by atoms with van der Waals surface area (Å²) in [6.07, 6.45) is 13.5. The number of carbonyl (C=O) groups excluding carboxylic acids is 1. The first kappa shape index (κ1) is 19.9. The molecular weight excluding hydrogens is 376 g/mol. The molecule has 152 valence electrons. The zero-order chi connectivity index (χ0) is 20.3. The van der Waals surface area contributed by atoms with Crippen LogP contribution in [0.1, 0.15) is 58.3 Å². The van der Waals surface area contributed by atoms with Crippen LogP contribution in [0.5, 0.6) is 0 Å². The molecule has 0 heterocycles. The van der Waals surface area contributed by atoms with E-state index in [2.05, 4.69) is 12.5 Å². The maximum Gasteiger partial charge on any atom is 0.398 e. The molecular formula is C22H28O5S. The van der Waals surface area contributed by atoms with Crippen LogP contribution in [0.2, 0.25) is 0 Å². The van der Waals surface area contributed by atoms with Crippen LogP contribution in [-0.2, 0) is 19.4 Å². The Morgan fingerprint density at radius 3 is 2.75 bits per heavy atom. The van der Waals surface area contributed by atoms with E-state index >= 15 is 0 Å². The fourth-order valence-electron chi connectivity index (χ4n) is 7.21. The van der Waals surface area contributed by atoms with E-state index in [1.54, 1.807) is 0 Å². The summed E-state index contributed by atoms with van der Waals surface area (Å²) < 4.78 is 38.0. The van der Waals surface area contributed by atoms with Gasteiger partial charge < -0.3 is 0 Å². The standard InChI is InChI=1S/C22H28O5S/c1-4-21-13-14(3)20-17-9-7-16(23)12-15(17)6-8-18(20)19(21)10-11-22(21,5-2)27-28(24,25)26/h2,12,17-20H,3-4,6-11,13H2,1H3,(H,24,25,26)/t17-,18-,19-,20+,21-,22-/m0/s1. The van der Waals surface area contributed by atoms with Gasteiger partial charge in [0.05, 0.1) is 0 Å². The van der Waals surface area contributed by atoms with E-state index in [0.29, 0.717) is 43.4 Å². The van der Waals surface area contributed by atoms with Crippen molar-refractivity contribution in [2.75, 3.05) is 0 Å². The summed E-state index contributed by atoms with van der Waals surface area (Å²) in [5, 5.41) is 0. The average Bonchev–Trinajstić information content (AvgIpc) is 2.94. The highest BCUT2D eigenvalue weighted by Crippen LogP contribution is 2.68. The monoisotopic (exact) mass is 404 g/mol. The third kappa shape index (κ3) is 2.74. The molecule has 4 aliphatic carbocycles. The average molecular weight is 405 g/mol. The largest absolute Gasteiger partial charge is 0.398 e. The number of rotatable bonds is 3. The summed E-state index contributed by atoms with van der Waals surface area (Å²) in [5.74, 6) is 4.13. The molecule has 28 heavy (non-hydrogen) atoms. The van der Waals surface area contributed by atoms with Gasteiger partial charge >= 0.3 is 10.4 Å². The summed E-state index contributed by atoms with van der Waals surface area (Å²) in [6, 6.07) is 0. The molecule has 6 heteroatoms. The minimum absolute atomic E-state index is 0.225. The van der Waals surface area contributed by atoms with Crippen LogP contribution in [0, 0.1) is 41.4 Å². The van der Waals surface area contributed by atoms with Gasteiger partial charge in [-0.3, -0.25) is 9.35 Å². The second-order valence-electron chi connectivity index (χ2n) is 9.03. The van der Waals surface area contributed by atoms with Crippen molar-refractivity contribution in [3.05, 3.63) is 23.8 Å². The van der Waals surface area contributed by atoms with Crippen molar-refractivity contribution in [1.82, 2.24) is 0 Å². The predicted molar refractivity (Wildman–Crippen MR) is 105 cm³/mol. The van der Waals surface area contributed by atoms with Gasteiger partial charge in [0.15, 0.2) is 11.4 Å². The SMILES string of the molecule is C#C[C@]1(OS(=O)(=O)O)CC[C@H]2[C@@H]3CCC4=CC(=O)CC[C@@H]4[C@H]3C(=C)C[C@@]21CC. The van der Waals surface area contributed by atoms with E-state index < -0.39 is 21.4 Å². The van der Waals surface area contributed by atoms with Crippen molar-refractivity contribution in [1.29, 1.82) is 0 Å². The maximum atomic E-state index is 11.9. The molecule has 0 aromatic carbocycles. The van der Waals surface area contributed by atoms with Crippen molar-refractivity contribution < 1.29 is 21.9 Å². The summed E-state index contributed by atoms with van der Waals surface area (Å²) in [7, 11) is -4.67. The van der Waals surface area contributed by atoms with Gasteiger partial charge in [0.2, 0.25) is 0 Å². The smallest absolute Gasteiger partial charge is 0.295 e. The number of hydrogen-bond acceptors (Lipinski definition) is 4. The van der Waals surface area contributed by atoms with Gasteiger partial charge in [-0.25, -0.2) is 4.18 Å². The van der Waals surface area contributed by atoms with Crippen molar-refractivity contribution in [2.45, 2.75) is 63.9 Å². The maximum absolute atomic E-state index is 11.9. The molecule has 0 amide bonds. The molecule has 0 aromatic rings. The van der Waals surface area contributed by atoms with Crippen molar-refractivity contribution >= 4 is 16.2 Å². The minimum Gasteiger partial charge on any atom is -0.295 e. The predicted octanol–water partition coefficient (Wildman–Crippen LogP) is 3.88.